The van der Waals surface area contributed by atoms with Crippen LogP contribution in [-0.4, -0.2) is 49.4 Å². The minimum absolute atomic E-state index is 0.854. The average molecular weight is 570 g/mol. The SMILES string of the molecule is FC(F)(F)OC(F)(F)OC(F)(F)C(F)(F)C=COC=CC(F)(F)C(F)(F)OC(F)(F)OC(F)(F)F. The normalized spacial score (nSPS) is 15.9. The summed E-state index contributed by atoms with van der Waals surface area (Å²) in [5, 5.41) is 0. The van der Waals surface area contributed by atoms with Gasteiger partial charge in [-0.3, -0.25) is 0 Å². The molecule has 0 fully saturated rings. The molecule has 208 valence electrons. The second-order valence-corrected chi connectivity index (χ2v) is 5.25. The minimum Gasteiger partial charge on any atom is -0.473 e. The van der Waals surface area contributed by atoms with Crippen molar-refractivity contribution in [1.82, 2.24) is 0 Å². The summed E-state index contributed by atoms with van der Waals surface area (Å²) in [4.78, 5) is 0. The van der Waals surface area contributed by atoms with Gasteiger partial charge in [-0.1, -0.05) is 0 Å². The van der Waals surface area contributed by atoms with Gasteiger partial charge in [-0.2, -0.15) is 44.6 Å². The fraction of sp³-hybridized carbons (Fsp3) is 0.667. The first kappa shape index (κ1) is 32.9. The number of hydrogen-bond donors (Lipinski definition) is 0. The Labute approximate surface area is 178 Å². The molecular formula is C12H4F18O5. The molecule has 0 rings (SSSR count). The summed E-state index contributed by atoms with van der Waals surface area (Å²) < 4.78 is 235. The lowest BCUT2D eigenvalue weighted by atomic mass is 10.3. The molecule has 0 atom stereocenters. The van der Waals surface area contributed by atoms with Crippen LogP contribution < -0.4 is 0 Å². The topological polar surface area (TPSA) is 46.2 Å². The molecular weight excluding hydrogens is 566 g/mol. The van der Waals surface area contributed by atoms with Crippen molar-refractivity contribution in [3.8, 4) is 0 Å². The molecule has 0 unspecified atom stereocenters. The zero-order valence-corrected chi connectivity index (χ0v) is 15.2. The van der Waals surface area contributed by atoms with Gasteiger partial charge in [0.15, 0.2) is 0 Å². The standard InChI is InChI=1S/C12H4F18O5/c13-5(14,7(17,18)32-11(27,28)34-9(21,22)23)1-3-31-4-2-6(15,16)8(19,20)33-12(29,30)35-10(24,25)26/h1-4H. The van der Waals surface area contributed by atoms with Crippen LogP contribution in [0.2, 0.25) is 0 Å². The van der Waals surface area contributed by atoms with Crippen molar-refractivity contribution in [2.75, 3.05) is 0 Å². The van der Waals surface area contributed by atoms with Crippen LogP contribution in [0.25, 0.3) is 0 Å². The first-order valence-electron chi connectivity index (χ1n) is 7.25. The summed E-state index contributed by atoms with van der Waals surface area (Å²) in [6.07, 6.45) is -43.0. The summed E-state index contributed by atoms with van der Waals surface area (Å²) in [5.41, 5.74) is 0. The van der Waals surface area contributed by atoms with E-state index in [2.05, 4.69) is 4.74 Å². The third-order valence-corrected chi connectivity index (χ3v) is 2.45. The molecule has 5 nitrogen and oxygen atoms in total. The number of alkyl halides is 18. The predicted octanol–water partition coefficient (Wildman–Crippen LogP) is 6.69. The van der Waals surface area contributed by atoms with Crippen LogP contribution in [0.4, 0.5) is 79.0 Å². The number of rotatable bonds is 12. The second-order valence-electron chi connectivity index (χ2n) is 5.25. The van der Waals surface area contributed by atoms with Gasteiger partial charge < -0.3 is 4.74 Å². The van der Waals surface area contributed by atoms with E-state index in [0.29, 0.717) is 0 Å². The van der Waals surface area contributed by atoms with Gasteiger partial charge in [-0.05, 0) is 0 Å². The van der Waals surface area contributed by atoms with Crippen molar-refractivity contribution in [3.05, 3.63) is 24.7 Å². The van der Waals surface area contributed by atoms with E-state index in [1.807, 2.05) is 9.47 Å². The maximum absolute atomic E-state index is 13.1. The summed E-state index contributed by atoms with van der Waals surface area (Å²) in [7, 11) is 0. The Balaban J connectivity index is 5.29. The molecule has 0 aliphatic heterocycles. The summed E-state index contributed by atoms with van der Waals surface area (Å²) in [6, 6.07) is 0. The van der Waals surface area contributed by atoms with Crippen LogP contribution in [0.1, 0.15) is 0 Å². The third kappa shape index (κ3) is 11.4. The highest BCUT2D eigenvalue weighted by Gasteiger charge is 2.65. The van der Waals surface area contributed by atoms with Gasteiger partial charge in [0.05, 0.1) is 12.5 Å². The minimum atomic E-state index is -6.53. The molecule has 0 heterocycles. The van der Waals surface area contributed by atoms with Crippen LogP contribution in [0.5, 0.6) is 0 Å². The van der Waals surface area contributed by atoms with E-state index in [-0.39, 0.29) is 0 Å². The number of halogens is 18. The maximum atomic E-state index is 13.1. The van der Waals surface area contributed by atoms with Crippen LogP contribution >= 0.6 is 0 Å². The monoisotopic (exact) mass is 570 g/mol. The zero-order chi connectivity index (χ0) is 28.4. The molecule has 0 radical (unpaired) electrons. The molecule has 0 aromatic heterocycles. The zero-order valence-electron chi connectivity index (χ0n) is 15.2. The van der Waals surface area contributed by atoms with Gasteiger partial charge >= 0.3 is 49.4 Å². The molecule has 0 bridgehead atoms. The molecule has 0 amide bonds. The molecule has 0 saturated carbocycles. The number of hydrogen-bond acceptors (Lipinski definition) is 5. The predicted molar refractivity (Wildman–Crippen MR) is 65.5 cm³/mol. The first-order valence-corrected chi connectivity index (χ1v) is 7.25. The molecule has 35 heavy (non-hydrogen) atoms. The van der Waals surface area contributed by atoms with E-state index in [1.165, 1.54) is 0 Å². The molecule has 0 N–H and O–H groups in total. The summed E-state index contributed by atoms with van der Waals surface area (Å²) in [5.74, 6) is -12.1. The lowest BCUT2D eigenvalue weighted by Gasteiger charge is -2.27. The molecule has 0 spiro atoms. The van der Waals surface area contributed by atoms with Gasteiger partial charge in [0, 0.05) is 12.2 Å². The lowest BCUT2D eigenvalue weighted by Crippen LogP contribution is -2.48. The molecule has 0 aliphatic rings. The quantitative estimate of drug-likeness (QED) is 0.149. The third-order valence-electron chi connectivity index (χ3n) is 2.45. The van der Waals surface area contributed by atoms with Gasteiger partial charge in [0.2, 0.25) is 0 Å². The van der Waals surface area contributed by atoms with Crippen LogP contribution in [0, 0.1) is 0 Å². The van der Waals surface area contributed by atoms with Crippen molar-refractivity contribution in [3.63, 3.8) is 0 Å². The van der Waals surface area contributed by atoms with Gasteiger partial charge in [0.1, 0.15) is 0 Å². The highest BCUT2D eigenvalue weighted by Crippen LogP contribution is 2.43. The Morgan fingerprint density at radius 3 is 0.857 bits per heavy atom. The smallest absolute Gasteiger partial charge is 0.473 e. The molecule has 0 aromatic rings. The molecule has 0 aromatic carbocycles. The van der Waals surface area contributed by atoms with Crippen molar-refractivity contribution < 1.29 is 103 Å². The maximum Gasteiger partial charge on any atom is 0.529 e. The highest BCUT2D eigenvalue weighted by atomic mass is 19.4. The number of ether oxygens (including phenoxy) is 5. The molecule has 0 saturated heterocycles. The molecule has 0 aliphatic carbocycles. The largest absolute Gasteiger partial charge is 0.529 e. The van der Waals surface area contributed by atoms with Crippen LogP contribution in [0.15, 0.2) is 24.7 Å². The second kappa shape index (κ2) is 10.1. The van der Waals surface area contributed by atoms with E-state index in [0.717, 1.165) is 0 Å². The fourth-order valence-corrected chi connectivity index (χ4v) is 1.23. The Kier molecular flexibility index (Phi) is 9.47. The van der Waals surface area contributed by atoms with E-state index in [1.54, 1.807) is 9.47 Å². The Morgan fingerprint density at radius 2 is 0.629 bits per heavy atom. The van der Waals surface area contributed by atoms with Gasteiger partial charge in [0.25, 0.3) is 0 Å². The van der Waals surface area contributed by atoms with E-state index >= 15 is 0 Å². The van der Waals surface area contributed by atoms with E-state index in [4.69, 9.17) is 0 Å². The van der Waals surface area contributed by atoms with E-state index < -0.39 is 74.1 Å². The Morgan fingerprint density at radius 1 is 0.371 bits per heavy atom. The van der Waals surface area contributed by atoms with Gasteiger partial charge in [-0.25, -0.2) is 9.47 Å². The Hall–Kier alpha value is -2.14. The van der Waals surface area contributed by atoms with Crippen molar-refractivity contribution in [1.29, 1.82) is 0 Å². The van der Waals surface area contributed by atoms with Gasteiger partial charge in [-0.15, -0.1) is 43.9 Å². The summed E-state index contributed by atoms with van der Waals surface area (Å²) in [6.45, 7) is 0. The first-order chi connectivity index (χ1) is 15.0. The summed E-state index contributed by atoms with van der Waals surface area (Å²) >= 11 is 0. The Bertz CT molecular complexity index is 690. The van der Waals surface area contributed by atoms with Crippen molar-refractivity contribution >= 4 is 0 Å². The van der Waals surface area contributed by atoms with E-state index in [9.17, 15) is 79.0 Å². The highest BCUT2D eigenvalue weighted by molar-refractivity contribution is 5.00. The van der Waals surface area contributed by atoms with Crippen molar-refractivity contribution in [2.24, 2.45) is 0 Å². The average Bonchev–Trinajstić information content (AvgIpc) is 2.46. The van der Waals surface area contributed by atoms with Crippen molar-refractivity contribution in [2.45, 2.75) is 49.4 Å². The van der Waals surface area contributed by atoms with Crippen LogP contribution in [0.3, 0.4) is 0 Å². The molecule has 23 heteroatoms. The fourth-order valence-electron chi connectivity index (χ4n) is 1.23. The lowest BCUT2D eigenvalue weighted by molar-refractivity contribution is -0.548. The van der Waals surface area contributed by atoms with Crippen LogP contribution in [-0.2, 0) is 23.7 Å².